The van der Waals surface area contributed by atoms with Gasteiger partial charge in [0.05, 0.1) is 0 Å². The van der Waals surface area contributed by atoms with Crippen LogP contribution in [0.25, 0.3) is 0 Å². The van der Waals surface area contributed by atoms with Crippen molar-refractivity contribution in [1.29, 1.82) is 0 Å². The van der Waals surface area contributed by atoms with Crippen LogP contribution in [0.5, 0.6) is 0 Å². The second-order valence-corrected chi connectivity index (χ2v) is 3.57. The molecule has 0 aromatic carbocycles. The summed E-state index contributed by atoms with van der Waals surface area (Å²) in [5, 5.41) is 0. The Balaban J connectivity index is 2.49. The number of nitrogens with zero attached hydrogens (tertiary/aromatic N) is 2. The molecule has 0 spiro atoms. The van der Waals surface area contributed by atoms with E-state index in [1.165, 1.54) is 29.8 Å². The van der Waals surface area contributed by atoms with E-state index in [9.17, 15) is 0 Å². The third-order valence-corrected chi connectivity index (χ3v) is 2.72. The summed E-state index contributed by atoms with van der Waals surface area (Å²) in [6.45, 7) is 4.30. The highest BCUT2D eigenvalue weighted by Crippen LogP contribution is 2.23. The Morgan fingerprint density at radius 1 is 1.08 bits per heavy atom. The average molecular weight is 176 g/mol. The minimum Gasteiger partial charge on any atom is -0.238 e. The van der Waals surface area contributed by atoms with Crippen molar-refractivity contribution < 1.29 is 0 Å². The van der Waals surface area contributed by atoms with Gasteiger partial charge in [0.25, 0.3) is 0 Å². The van der Waals surface area contributed by atoms with Crippen molar-refractivity contribution in [1.82, 2.24) is 9.97 Å². The van der Waals surface area contributed by atoms with Crippen LogP contribution >= 0.6 is 0 Å². The predicted molar refractivity (Wildman–Crippen MR) is 52.8 cm³/mol. The van der Waals surface area contributed by atoms with Crippen molar-refractivity contribution in [2.24, 2.45) is 0 Å². The van der Waals surface area contributed by atoms with Crippen LogP contribution in [0, 0.1) is 0 Å². The number of aryl methyl sites for hydroxylation is 3. The zero-order chi connectivity index (χ0) is 9.26. The van der Waals surface area contributed by atoms with Crippen molar-refractivity contribution in [3.05, 3.63) is 22.8 Å². The van der Waals surface area contributed by atoms with Gasteiger partial charge in [0.1, 0.15) is 5.82 Å². The highest BCUT2D eigenvalue weighted by molar-refractivity contribution is 5.30. The lowest BCUT2D eigenvalue weighted by molar-refractivity contribution is 0.852. The van der Waals surface area contributed by atoms with E-state index in [0.717, 1.165) is 25.1 Å². The molecule has 1 aliphatic carbocycles. The highest BCUT2D eigenvalue weighted by atomic mass is 14.9. The van der Waals surface area contributed by atoms with E-state index in [0.29, 0.717) is 0 Å². The van der Waals surface area contributed by atoms with E-state index >= 15 is 0 Å². The third-order valence-electron chi connectivity index (χ3n) is 2.72. The fraction of sp³-hybridized carbons (Fsp3) is 0.636. The zero-order valence-corrected chi connectivity index (χ0v) is 8.43. The summed E-state index contributed by atoms with van der Waals surface area (Å²) in [5.41, 5.74) is 4.06. The minimum atomic E-state index is 0.959. The van der Waals surface area contributed by atoms with Crippen molar-refractivity contribution in [3.8, 4) is 0 Å². The standard InChI is InChI=1S/C11H16N2/c1-3-9-8-6-5-7-10(8)13-11(4-2)12-9/h3-7H2,1-2H3. The van der Waals surface area contributed by atoms with Gasteiger partial charge in [-0.25, -0.2) is 9.97 Å². The first-order valence-electron chi connectivity index (χ1n) is 5.22. The molecule has 1 heterocycles. The van der Waals surface area contributed by atoms with Crippen LogP contribution in [0.2, 0.25) is 0 Å². The minimum absolute atomic E-state index is 0.959. The monoisotopic (exact) mass is 176 g/mol. The lowest BCUT2D eigenvalue weighted by Crippen LogP contribution is -2.04. The van der Waals surface area contributed by atoms with E-state index in [1.807, 2.05) is 0 Å². The Hall–Kier alpha value is -0.920. The predicted octanol–water partition coefficient (Wildman–Crippen LogP) is 2.09. The second-order valence-electron chi connectivity index (χ2n) is 3.57. The van der Waals surface area contributed by atoms with Gasteiger partial charge in [-0.15, -0.1) is 0 Å². The molecule has 0 amide bonds. The van der Waals surface area contributed by atoms with Gasteiger partial charge >= 0.3 is 0 Å². The fourth-order valence-electron chi connectivity index (χ4n) is 2.02. The quantitative estimate of drug-likeness (QED) is 0.689. The summed E-state index contributed by atoms with van der Waals surface area (Å²) in [6.07, 6.45) is 5.64. The van der Waals surface area contributed by atoms with Gasteiger partial charge in [-0.1, -0.05) is 13.8 Å². The summed E-state index contributed by atoms with van der Waals surface area (Å²) in [4.78, 5) is 9.14. The van der Waals surface area contributed by atoms with Crippen LogP contribution in [0.3, 0.4) is 0 Å². The Kier molecular flexibility index (Phi) is 2.30. The Labute approximate surface area is 79.4 Å². The van der Waals surface area contributed by atoms with Gasteiger partial charge in [0.2, 0.25) is 0 Å². The summed E-state index contributed by atoms with van der Waals surface area (Å²) >= 11 is 0. The molecule has 0 saturated heterocycles. The number of hydrogen-bond acceptors (Lipinski definition) is 2. The Morgan fingerprint density at radius 3 is 2.62 bits per heavy atom. The number of rotatable bonds is 2. The summed E-state index contributed by atoms with van der Waals surface area (Å²) in [5.74, 6) is 1.03. The topological polar surface area (TPSA) is 25.8 Å². The maximum Gasteiger partial charge on any atom is 0.128 e. The molecule has 0 unspecified atom stereocenters. The summed E-state index contributed by atoms with van der Waals surface area (Å²) in [7, 11) is 0. The van der Waals surface area contributed by atoms with Crippen LogP contribution in [0.15, 0.2) is 0 Å². The van der Waals surface area contributed by atoms with Gasteiger partial charge < -0.3 is 0 Å². The van der Waals surface area contributed by atoms with Gasteiger partial charge in [-0.05, 0) is 31.2 Å². The molecule has 2 nitrogen and oxygen atoms in total. The number of aromatic nitrogens is 2. The maximum absolute atomic E-state index is 4.57. The lowest BCUT2D eigenvalue weighted by Gasteiger charge is -2.06. The molecular weight excluding hydrogens is 160 g/mol. The normalized spacial score (nSPS) is 14.6. The van der Waals surface area contributed by atoms with Crippen molar-refractivity contribution in [2.75, 3.05) is 0 Å². The fourth-order valence-corrected chi connectivity index (χ4v) is 2.02. The van der Waals surface area contributed by atoms with Gasteiger partial charge in [-0.2, -0.15) is 0 Å². The van der Waals surface area contributed by atoms with Gasteiger partial charge in [-0.3, -0.25) is 0 Å². The highest BCUT2D eigenvalue weighted by Gasteiger charge is 2.17. The molecule has 1 aromatic heterocycles. The van der Waals surface area contributed by atoms with Crippen LogP contribution < -0.4 is 0 Å². The van der Waals surface area contributed by atoms with Gasteiger partial charge in [0, 0.05) is 17.8 Å². The first-order valence-corrected chi connectivity index (χ1v) is 5.22. The molecule has 70 valence electrons. The number of hydrogen-bond donors (Lipinski definition) is 0. The molecule has 1 aromatic rings. The molecule has 0 bridgehead atoms. The molecule has 0 saturated carbocycles. The van der Waals surface area contributed by atoms with E-state index in [4.69, 9.17) is 0 Å². The first kappa shape index (κ1) is 8.67. The smallest absolute Gasteiger partial charge is 0.128 e. The SMILES string of the molecule is CCc1nc(CC)c2c(n1)CCC2. The average Bonchev–Trinajstić information content (AvgIpc) is 2.63. The van der Waals surface area contributed by atoms with Crippen LogP contribution in [0.4, 0.5) is 0 Å². The largest absolute Gasteiger partial charge is 0.238 e. The zero-order valence-electron chi connectivity index (χ0n) is 8.43. The van der Waals surface area contributed by atoms with Crippen molar-refractivity contribution in [2.45, 2.75) is 46.0 Å². The molecule has 0 aliphatic heterocycles. The van der Waals surface area contributed by atoms with E-state index in [1.54, 1.807) is 0 Å². The molecular formula is C11H16N2. The van der Waals surface area contributed by atoms with E-state index in [-0.39, 0.29) is 0 Å². The third kappa shape index (κ3) is 1.45. The van der Waals surface area contributed by atoms with Gasteiger partial charge in [0.15, 0.2) is 0 Å². The molecule has 0 atom stereocenters. The van der Waals surface area contributed by atoms with Crippen molar-refractivity contribution in [3.63, 3.8) is 0 Å². The van der Waals surface area contributed by atoms with Crippen LogP contribution in [-0.4, -0.2) is 9.97 Å². The second kappa shape index (κ2) is 3.44. The molecule has 2 heteroatoms. The summed E-state index contributed by atoms with van der Waals surface area (Å²) < 4.78 is 0. The van der Waals surface area contributed by atoms with E-state index in [2.05, 4.69) is 23.8 Å². The molecule has 0 N–H and O–H groups in total. The molecule has 13 heavy (non-hydrogen) atoms. The lowest BCUT2D eigenvalue weighted by atomic mass is 10.1. The Morgan fingerprint density at radius 2 is 1.92 bits per heavy atom. The molecule has 2 rings (SSSR count). The Bertz CT molecular complexity index is 318. The maximum atomic E-state index is 4.57. The summed E-state index contributed by atoms with van der Waals surface area (Å²) in [6, 6.07) is 0. The molecule has 0 radical (unpaired) electrons. The number of fused-ring (bicyclic) bond motifs is 1. The van der Waals surface area contributed by atoms with Crippen LogP contribution in [0.1, 0.15) is 43.0 Å². The van der Waals surface area contributed by atoms with Crippen LogP contribution in [-0.2, 0) is 25.7 Å². The molecule has 1 aliphatic rings. The first-order chi connectivity index (χ1) is 6.35. The van der Waals surface area contributed by atoms with Crippen molar-refractivity contribution >= 4 is 0 Å². The van der Waals surface area contributed by atoms with E-state index < -0.39 is 0 Å². The molecule has 0 fully saturated rings.